The number of Topliss-reactive ketones (excluding diaryl/α,β-unsaturated/α-hetero) is 1. The summed E-state index contributed by atoms with van der Waals surface area (Å²) >= 11 is 0. The molecule has 1 atom stereocenters. The van der Waals surface area contributed by atoms with Gasteiger partial charge in [0.2, 0.25) is 0 Å². The van der Waals surface area contributed by atoms with Crippen LogP contribution in [0.3, 0.4) is 0 Å². The van der Waals surface area contributed by atoms with Gasteiger partial charge in [0, 0.05) is 11.6 Å². The van der Waals surface area contributed by atoms with Crippen molar-refractivity contribution < 1.29 is 19.1 Å². The van der Waals surface area contributed by atoms with E-state index in [1.54, 1.807) is 36.4 Å². The Morgan fingerprint density at radius 1 is 1.04 bits per heavy atom. The second-order valence-corrected chi connectivity index (χ2v) is 6.37. The maximum absolute atomic E-state index is 13.3. The van der Waals surface area contributed by atoms with Gasteiger partial charge in [-0.3, -0.25) is 14.5 Å². The highest BCUT2D eigenvalue weighted by atomic mass is 19.1. The average molecular weight is 337 g/mol. The fraction of sp³-hybridized carbons (Fsp3) is 0.200. The van der Waals surface area contributed by atoms with Gasteiger partial charge in [0.1, 0.15) is 5.82 Å². The average Bonchev–Trinajstić information content (AvgIpc) is 3.44. The molecule has 1 amide bonds. The molecule has 1 fully saturated rings. The standard InChI is InChI=1S/C20H16FNO3/c21-14-10-8-12(9-11-14)17-16(18(23)13-6-7-13)19(24)20(25)22(17)15-4-2-1-3-5-15/h1-5,8-11,13,17,24H,6-7H2. The number of carbonyl (C=O) groups is 2. The molecule has 126 valence electrons. The highest BCUT2D eigenvalue weighted by Crippen LogP contribution is 2.44. The maximum atomic E-state index is 13.3. The lowest BCUT2D eigenvalue weighted by molar-refractivity contribution is -0.118. The van der Waals surface area contributed by atoms with Crippen LogP contribution >= 0.6 is 0 Å². The number of anilines is 1. The molecule has 2 aromatic rings. The first-order valence-corrected chi connectivity index (χ1v) is 8.19. The Bertz CT molecular complexity index is 870. The number of nitrogens with zero attached hydrogens (tertiary/aromatic N) is 1. The van der Waals surface area contributed by atoms with Crippen molar-refractivity contribution in [1.29, 1.82) is 0 Å². The highest BCUT2D eigenvalue weighted by molar-refractivity contribution is 6.17. The van der Waals surface area contributed by atoms with E-state index in [-0.39, 0.29) is 17.3 Å². The molecule has 1 saturated carbocycles. The third-order valence-corrected chi connectivity index (χ3v) is 4.64. The molecule has 2 aliphatic rings. The summed E-state index contributed by atoms with van der Waals surface area (Å²) in [7, 11) is 0. The van der Waals surface area contributed by atoms with Crippen LogP contribution in [0, 0.1) is 11.7 Å². The van der Waals surface area contributed by atoms with Crippen molar-refractivity contribution in [2.24, 2.45) is 5.92 Å². The van der Waals surface area contributed by atoms with Gasteiger partial charge in [-0.25, -0.2) is 4.39 Å². The van der Waals surface area contributed by atoms with Crippen molar-refractivity contribution in [2.45, 2.75) is 18.9 Å². The summed E-state index contributed by atoms with van der Waals surface area (Å²) in [6.45, 7) is 0. The summed E-state index contributed by atoms with van der Waals surface area (Å²) in [4.78, 5) is 26.8. The zero-order valence-corrected chi connectivity index (χ0v) is 13.4. The number of halogens is 1. The summed E-state index contributed by atoms with van der Waals surface area (Å²) in [5, 5.41) is 10.4. The second-order valence-electron chi connectivity index (χ2n) is 6.37. The van der Waals surface area contributed by atoms with Crippen molar-refractivity contribution in [3.05, 3.63) is 77.3 Å². The molecule has 0 aromatic heterocycles. The molecule has 1 N–H and O–H groups in total. The highest BCUT2D eigenvalue weighted by Gasteiger charge is 2.47. The number of aliphatic hydroxyl groups excluding tert-OH is 1. The molecule has 4 rings (SSSR count). The Morgan fingerprint density at radius 2 is 1.68 bits per heavy atom. The van der Waals surface area contributed by atoms with E-state index in [4.69, 9.17) is 0 Å². The molecule has 0 radical (unpaired) electrons. The SMILES string of the molecule is O=C(C1=C(O)C(=O)N(c2ccccc2)C1c1ccc(F)cc1)C1CC1. The number of para-hydroxylation sites is 1. The zero-order chi connectivity index (χ0) is 17.6. The van der Waals surface area contributed by atoms with E-state index >= 15 is 0 Å². The number of hydrogen-bond donors (Lipinski definition) is 1. The Labute approximate surface area is 144 Å². The van der Waals surface area contributed by atoms with Crippen LogP contribution in [-0.4, -0.2) is 16.8 Å². The van der Waals surface area contributed by atoms with E-state index in [0.717, 1.165) is 12.8 Å². The maximum Gasteiger partial charge on any atom is 0.294 e. The molecule has 4 nitrogen and oxygen atoms in total. The Kier molecular flexibility index (Phi) is 3.64. The zero-order valence-electron chi connectivity index (χ0n) is 13.4. The summed E-state index contributed by atoms with van der Waals surface area (Å²) in [6, 6.07) is 13.8. The van der Waals surface area contributed by atoms with Crippen LogP contribution in [0.4, 0.5) is 10.1 Å². The summed E-state index contributed by atoms with van der Waals surface area (Å²) in [5.41, 5.74) is 1.28. The van der Waals surface area contributed by atoms with Crippen molar-refractivity contribution >= 4 is 17.4 Å². The van der Waals surface area contributed by atoms with Crippen LogP contribution in [0.2, 0.25) is 0 Å². The molecule has 0 spiro atoms. The van der Waals surface area contributed by atoms with Gasteiger partial charge in [0.15, 0.2) is 11.5 Å². The second kappa shape index (κ2) is 5.84. The van der Waals surface area contributed by atoms with Crippen molar-refractivity contribution in [1.82, 2.24) is 0 Å². The quantitative estimate of drug-likeness (QED) is 0.925. The fourth-order valence-electron chi connectivity index (χ4n) is 3.24. The normalized spacial score (nSPS) is 20.3. The Morgan fingerprint density at radius 3 is 2.28 bits per heavy atom. The van der Waals surface area contributed by atoms with Gasteiger partial charge in [-0.1, -0.05) is 30.3 Å². The molecule has 5 heteroatoms. The lowest BCUT2D eigenvalue weighted by Gasteiger charge is -2.27. The number of ketones is 1. The third-order valence-electron chi connectivity index (χ3n) is 4.64. The molecule has 1 unspecified atom stereocenters. The minimum absolute atomic E-state index is 0.114. The monoisotopic (exact) mass is 337 g/mol. The molecule has 0 saturated heterocycles. The lowest BCUT2D eigenvalue weighted by atomic mass is 9.94. The summed E-state index contributed by atoms with van der Waals surface area (Å²) < 4.78 is 13.3. The van der Waals surface area contributed by atoms with E-state index in [2.05, 4.69) is 0 Å². The van der Waals surface area contributed by atoms with E-state index in [0.29, 0.717) is 11.3 Å². The predicted molar refractivity (Wildman–Crippen MR) is 90.5 cm³/mol. The smallest absolute Gasteiger partial charge is 0.294 e. The van der Waals surface area contributed by atoms with Gasteiger partial charge < -0.3 is 5.11 Å². The molecule has 1 aliphatic heterocycles. The topological polar surface area (TPSA) is 57.6 Å². The van der Waals surface area contributed by atoms with Gasteiger partial charge in [-0.05, 0) is 42.7 Å². The van der Waals surface area contributed by atoms with Gasteiger partial charge in [0.05, 0.1) is 11.6 Å². The summed E-state index contributed by atoms with van der Waals surface area (Å²) in [6.07, 6.45) is 1.54. The van der Waals surface area contributed by atoms with Gasteiger partial charge in [0.25, 0.3) is 5.91 Å². The largest absolute Gasteiger partial charge is 0.503 e. The molecule has 25 heavy (non-hydrogen) atoms. The lowest BCUT2D eigenvalue weighted by Crippen LogP contribution is -2.31. The van der Waals surface area contributed by atoms with Crippen molar-refractivity contribution in [2.75, 3.05) is 4.90 Å². The molecule has 2 aromatic carbocycles. The van der Waals surface area contributed by atoms with Crippen LogP contribution < -0.4 is 4.90 Å². The minimum Gasteiger partial charge on any atom is -0.503 e. The first-order valence-electron chi connectivity index (χ1n) is 8.19. The van der Waals surface area contributed by atoms with Gasteiger partial charge in [-0.15, -0.1) is 0 Å². The number of benzene rings is 2. The predicted octanol–water partition coefficient (Wildman–Crippen LogP) is 3.70. The first-order chi connectivity index (χ1) is 12.1. The van der Waals surface area contributed by atoms with Gasteiger partial charge >= 0.3 is 0 Å². The van der Waals surface area contributed by atoms with Crippen LogP contribution in [0.25, 0.3) is 0 Å². The number of hydrogen-bond acceptors (Lipinski definition) is 3. The van der Waals surface area contributed by atoms with E-state index in [1.807, 2.05) is 6.07 Å². The molecule has 1 heterocycles. The van der Waals surface area contributed by atoms with E-state index in [9.17, 15) is 19.1 Å². The van der Waals surface area contributed by atoms with E-state index < -0.39 is 23.5 Å². The number of carbonyl (C=O) groups excluding carboxylic acids is 2. The molecule has 1 aliphatic carbocycles. The van der Waals surface area contributed by atoms with Crippen LogP contribution in [0.15, 0.2) is 65.9 Å². The van der Waals surface area contributed by atoms with Crippen LogP contribution in [0.1, 0.15) is 24.4 Å². The van der Waals surface area contributed by atoms with Crippen molar-refractivity contribution in [3.63, 3.8) is 0 Å². The minimum atomic E-state index is -0.747. The number of aliphatic hydroxyl groups is 1. The number of amides is 1. The van der Waals surface area contributed by atoms with Crippen LogP contribution in [0.5, 0.6) is 0 Å². The Balaban J connectivity index is 1.85. The molecular weight excluding hydrogens is 321 g/mol. The Hall–Kier alpha value is -2.95. The number of rotatable bonds is 4. The molecule has 0 bridgehead atoms. The summed E-state index contributed by atoms with van der Waals surface area (Å²) in [5.74, 6) is -1.84. The van der Waals surface area contributed by atoms with E-state index in [1.165, 1.54) is 17.0 Å². The first kappa shape index (κ1) is 15.6. The van der Waals surface area contributed by atoms with Crippen molar-refractivity contribution in [3.8, 4) is 0 Å². The molecular formula is C20H16FNO3. The third kappa shape index (κ3) is 2.61. The van der Waals surface area contributed by atoms with Gasteiger partial charge in [-0.2, -0.15) is 0 Å². The fourth-order valence-corrected chi connectivity index (χ4v) is 3.24. The van der Waals surface area contributed by atoms with Crippen LogP contribution in [-0.2, 0) is 9.59 Å².